The first-order valence-electron chi connectivity index (χ1n) is 11.4. The number of hydrogen-bond acceptors (Lipinski definition) is 7. The maximum absolute atomic E-state index is 12.9. The molecule has 0 aliphatic carbocycles. The molecule has 0 radical (unpaired) electrons. The van der Waals surface area contributed by atoms with Gasteiger partial charge in [-0.15, -0.1) is 0 Å². The lowest BCUT2D eigenvalue weighted by Gasteiger charge is -2.25. The Hall–Kier alpha value is -3.76. The van der Waals surface area contributed by atoms with Crippen LogP contribution in [0.4, 0.5) is 5.69 Å². The predicted octanol–water partition coefficient (Wildman–Crippen LogP) is 4.35. The lowest BCUT2D eigenvalue weighted by atomic mass is 10.1. The molecule has 1 aliphatic rings. The van der Waals surface area contributed by atoms with E-state index in [4.69, 9.17) is 8.94 Å². The zero-order valence-corrected chi connectivity index (χ0v) is 19.7. The number of aromatic nitrogens is 2. The van der Waals surface area contributed by atoms with Gasteiger partial charge in [-0.25, -0.2) is 8.42 Å². The van der Waals surface area contributed by atoms with Crippen molar-refractivity contribution in [2.75, 3.05) is 18.4 Å². The van der Waals surface area contributed by atoms with Gasteiger partial charge < -0.3 is 14.3 Å². The van der Waals surface area contributed by atoms with Gasteiger partial charge in [-0.1, -0.05) is 29.8 Å². The van der Waals surface area contributed by atoms with E-state index in [0.29, 0.717) is 48.2 Å². The van der Waals surface area contributed by atoms with Crippen molar-refractivity contribution < 1.29 is 22.2 Å². The monoisotopic (exact) mass is 492 g/mol. The highest BCUT2D eigenvalue weighted by molar-refractivity contribution is 7.89. The second-order valence-corrected chi connectivity index (χ2v) is 10.2. The van der Waals surface area contributed by atoms with Gasteiger partial charge in [0.15, 0.2) is 5.76 Å². The summed E-state index contributed by atoms with van der Waals surface area (Å²) >= 11 is 0. The Morgan fingerprint density at radius 2 is 1.74 bits per heavy atom. The third-order valence-electron chi connectivity index (χ3n) is 5.89. The van der Waals surface area contributed by atoms with Gasteiger partial charge in [0, 0.05) is 24.3 Å². The van der Waals surface area contributed by atoms with Gasteiger partial charge in [0.25, 0.3) is 5.91 Å². The average Bonchev–Trinajstić information content (AvgIpc) is 3.58. The Labute approximate surface area is 202 Å². The molecule has 2 aromatic carbocycles. The van der Waals surface area contributed by atoms with Crippen LogP contribution in [0.3, 0.4) is 0 Å². The predicted molar refractivity (Wildman–Crippen MR) is 128 cm³/mol. The summed E-state index contributed by atoms with van der Waals surface area (Å²) in [4.78, 5) is 17.5. The van der Waals surface area contributed by atoms with Gasteiger partial charge in [0.05, 0.1) is 17.6 Å². The summed E-state index contributed by atoms with van der Waals surface area (Å²) < 4.78 is 37.8. The standard InChI is InChI=1S/C25H24N4O5S/c30-25(18-10-12-20(13-11-18)35(31,32)29-14-4-1-5-15-29)26-21-8-3-2-7-19(21)17-23-27-24(28-34-23)22-9-6-16-33-22/h2-3,6-13,16H,1,4-5,14-15,17H2,(H,26,30). The van der Waals surface area contributed by atoms with Gasteiger partial charge in [-0.3, -0.25) is 4.79 Å². The maximum Gasteiger partial charge on any atom is 0.255 e. The second-order valence-electron chi connectivity index (χ2n) is 8.27. The molecule has 180 valence electrons. The molecule has 1 fully saturated rings. The molecule has 1 amide bonds. The highest BCUT2D eigenvalue weighted by Crippen LogP contribution is 2.23. The summed E-state index contributed by atoms with van der Waals surface area (Å²) in [5.74, 6) is 0.894. The lowest BCUT2D eigenvalue weighted by Crippen LogP contribution is -2.35. The van der Waals surface area contributed by atoms with Crippen molar-refractivity contribution in [2.45, 2.75) is 30.6 Å². The normalized spacial score (nSPS) is 14.6. The zero-order valence-electron chi connectivity index (χ0n) is 18.9. The summed E-state index contributed by atoms with van der Waals surface area (Å²) in [5.41, 5.74) is 1.75. The molecule has 0 saturated carbocycles. The van der Waals surface area contributed by atoms with Crippen molar-refractivity contribution in [1.82, 2.24) is 14.4 Å². The van der Waals surface area contributed by atoms with Crippen LogP contribution in [-0.2, 0) is 16.4 Å². The molecule has 2 aromatic heterocycles. The molecule has 10 heteroatoms. The first kappa shape index (κ1) is 23.0. The third-order valence-corrected chi connectivity index (χ3v) is 7.80. The Morgan fingerprint density at radius 3 is 2.49 bits per heavy atom. The Bertz CT molecular complexity index is 1410. The SMILES string of the molecule is O=C(Nc1ccccc1Cc1nc(-c2ccco2)no1)c1ccc(S(=O)(=O)N2CCCCC2)cc1. The molecule has 0 unspecified atom stereocenters. The van der Waals surface area contributed by atoms with Crippen molar-refractivity contribution in [3.8, 4) is 11.6 Å². The van der Waals surface area contributed by atoms with E-state index in [0.717, 1.165) is 24.8 Å². The fourth-order valence-electron chi connectivity index (χ4n) is 4.02. The quantitative estimate of drug-likeness (QED) is 0.407. The van der Waals surface area contributed by atoms with Crippen LogP contribution in [-0.4, -0.2) is 41.9 Å². The molecule has 0 atom stereocenters. The van der Waals surface area contributed by atoms with E-state index in [1.165, 1.54) is 34.8 Å². The molecule has 9 nitrogen and oxygen atoms in total. The Balaban J connectivity index is 1.29. The third kappa shape index (κ3) is 5.03. The molecule has 3 heterocycles. The number of carbonyl (C=O) groups excluding carboxylic acids is 1. The smallest absolute Gasteiger partial charge is 0.255 e. The Morgan fingerprint density at radius 1 is 0.971 bits per heavy atom. The minimum atomic E-state index is -3.55. The number of furan rings is 1. The number of benzene rings is 2. The van der Waals surface area contributed by atoms with E-state index in [1.807, 2.05) is 18.2 Å². The molecule has 5 rings (SSSR count). The minimum absolute atomic E-state index is 0.195. The van der Waals surface area contributed by atoms with E-state index in [1.54, 1.807) is 18.2 Å². The number of anilines is 1. The van der Waals surface area contributed by atoms with E-state index >= 15 is 0 Å². The van der Waals surface area contributed by atoms with E-state index < -0.39 is 10.0 Å². The van der Waals surface area contributed by atoms with Crippen LogP contribution in [0.1, 0.15) is 41.1 Å². The lowest BCUT2D eigenvalue weighted by molar-refractivity contribution is 0.102. The fraction of sp³-hybridized carbons (Fsp3) is 0.240. The van der Waals surface area contributed by atoms with Crippen LogP contribution in [0.25, 0.3) is 11.6 Å². The van der Waals surface area contributed by atoms with Gasteiger partial charge >= 0.3 is 0 Å². The highest BCUT2D eigenvalue weighted by atomic mass is 32.2. The first-order valence-corrected chi connectivity index (χ1v) is 12.8. The van der Waals surface area contributed by atoms with Crippen molar-refractivity contribution in [2.24, 2.45) is 0 Å². The zero-order chi connectivity index (χ0) is 24.3. The van der Waals surface area contributed by atoms with E-state index in [2.05, 4.69) is 15.5 Å². The van der Waals surface area contributed by atoms with Crippen molar-refractivity contribution >= 4 is 21.6 Å². The molecular formula is C25H24N4O5S. The minimum Gasteiger partial charge on any atom is -0.461 e. The number of piperidine rings is 1. The average molecular weight is 493 g/mol. The van der Waals surface area contributed by atoms with Gasteiger partial charge in [0.1, 0.15) is 0 Å². The Kier molecular flexibility index (Phi) is 6.47. The molecule has 1 saturated heterocycles. The molecule has 0 bridgehead atoms. The number of hydrogen-bond donors (Lipinski definition) is 1. The number of para-hydroxylation sites is 1. The molecule has 35 heavy (non-hydrogen) atoms. The number of nitrogens with zero attached hydrogens (tertiary/aromatic N) is 3. The molecule has 1 aliphatic heterocycles. The van der Waals surface area contributed by atoms with Crippen molar-refractivity contribution in [1.29, 1.82) is 0 Å². The van der Waals surface area contributed by atoms with Crippen molar-refractivity contribution in [3.63, 3.8) is 0 Å². The van der Waals surface area contributed by atoms with Gasteiger partial charge in [0.2, 0.25) is 21.7 Å². The van der Waals surface area contributed by atoms with Crippen LogP contribution in [0.2, 0.25) is 0 Å². The van der Waals surface area contributed by atoms with Crippen LogP contribution in [0.15, 0.2) is 80.8 Å². The molecule has 0 spiro atoms. The van der Waals surface area contributed by atoms with E-state index in [9.17, 15) is 13.2 Å². The maximum atomic E-state index is 12.9. The molecular weight excluding hydrogens is 468 g/mol. The van der Waals surface area contributed by atoms with E-state index in [-0.39, 0.29) is 10.8 Å². The molecule has 4 aromatic rings. The number of nitrogens with one attached hydrogen (secondary N) is 1. The summed E-state index contributed by atoms with van der Waals surface area (Å²) in [7, 11) is -3.55. The summed E-state index contributed by atoms with van der Waals surface area (Å²) in [5, 5.41) is 6.83. The number of amides is 1. The topological polar surface area (TPSA) is 119 Å². The van der Waals surface area contributed by atoms with Gasteiger partial charge in [-0.2, -0.15) is 9.29 Å². The number of carbonyl (C=O) groups is 1. The van der Waals surface area contributed by atoms with Crippen LogP contribution >= 0.6 is 0 Å². The van der Waals surface area contributed by atoms with Crippen LogP contribution in [0, 0.1) is 0 Å². The highest BCUT2D eigenvalue weighted by Gasteiger charge is 2.26. The largest absolute Gasteiger partial charge is 0.461 e. The number of sulfonamides is 1. The second kappa shape index (κ2) is 9.85. The summed E-state index contributed by atoms with van der Waals surface area (Å²) in [6, 6.07) is 16.8. The number of rotatable bonds is 7. The summed E-state index contributed by atoms with van der Waals surface area (Å²) in [6.07, 6.45) is 4.63. The fourth-order valence-corrected chi connectivity index (χ4v) is 5.54. The van der Waals surface area contributed by atoms with Crippen LogP contribution in [0.5, 0.6) is 0 Å². The van der Waals surface area contributed by atoms with Crippen LogP contribution < -0.4 is 5.32 Å². The van der Waals surface area contributed by atoms with Gasteiger partial charge in [-0.05, 0) is 60.9 Å². The van der Waals surface area contributed by atoms with Crippen molar-refractivity contribution in [3.05, 3.63) is 83.9 Å². The summed E-state index contributed by atoms with van der Waals surface area (Å²) in [6.45, 7) is 1.06. The molecule has 1 N–H and O–H groups in total. The first-order chi connectivity index (χ1) is 17.0.